The minimum Gasteiger partial charge on any atom is -0.378 e. The fraction of sp³-hybridized carbons (Fsp3) is 0.278. The maximum absolute atomic E-state index is 5.17. The second kappa shape index (κ2) is 6.30. The number of aryl methyl sites for hydroxylation is 3. The van der Waals surface area contributed by atoms with Gasteiger partial charge in [-0.25, -0.2) is 14.6 Å². The van der Waals surface area contributed by atoms with E-state index in [4.69, 9.17) is 4.74 Å². The van der Waals surface area contributed by atoms with Gasteiger partial charge in [0.2, 0.25) is 0 Å². The van der Waals surface area contributed by atoms with Crippen molar-refractivity contribution in [2.45, 2.75) is 27.4 Å². The van der Waals surface area contributed by atoms with Crippen LogP contribution >= 0.6 is 0 Å². The highest BCUT2D eigenvalue weighted by atomic mass is 16.5. The molecule has 2 heterocycles. The number of benzene rings is 1. The predicted molar refractivity (Wildman–Crippen MR) is 89.5 cm³/mol. The molecular weight excluding hydrogens is 288 g/mol. The largest absolute Gasteiger partial charge is 0.378 e. The highest BCUT2D eigenvalue weighted by Gasteiger charge is 2.13. The topological polar surface area (TPSA) is 52.8 Å². The van der Waals surface area contributed by atoms with E-state index in [0.29, 0.717) is 6.61 Å². The van der Waals surface area contributed by atoms with Gasteiger partial charge in [-0.3, -0.25) is 0 Å². The standard InChI is InChI=1S/C18H20N4O/c1-12-5-6-16(17-9-15(10-23-4)19-11-20-17)18(7-12)22-14(3)8-13(2)21-22/h5-9,11H,10H2,1-4H3. The Kier molecular flexibility index (Phi) is 4.21. The van der Waals surface area contributed by atoms with Crippen LogP contribution in [0, 0.1) is 20.8 Å². The van der Waals surface area contributed by atoms with Crippen molar-refractivity contribution in [2.75, 3.05) is 7.11 Å². The molecule has 5 heteroatoms. The molecule has 23 heavy (non-hydrogen) atoms. The van der Waals surface area contributed by atoms with Gasteiger partial charge in [0, 0.05) is 18.4 Å². The zero-order valence-electron chi connectivity index (χ0n) is 13.9. The third-order valence-corrected chi connectivity index (χ3v) is 3.68. The first kappa shape index (κ1) is 15.4. The minimum atomic E-state index is 0.469. The van der Waals surface area contributed by atoms with Gasteiger partial charge in [-0.2, -0.15) is 5.10 Å². The number of ether oxygens (including phenoxy) is 1. The summed E-state index contributed by atoms with van der Waals surface area (Å²) in [4.78, 5) is 8.67. The van der Waals surface area contributed by atoms with Gasteiger partial charge in [0.1, 0.15) is 6.33 Å². The van der Waals surface area contributed by atoms with Crippen molar-refractivity contribution in [3.05, 3.63) is 59.3 Å². The molecule has 0 atom stereocenters. The van der Waals surface area contributed by atoms with Gasteiger partial charge < -0.3 is 4.74 Å². The van der Waals surface area contributed by atoms with E-state index in [2.05, 4.69) is 53.2 Å². The van der Waals surface area contributed by atoms with Crippen LogP contribution in [0.3, 0.4) is 0 Å². The Labute approximate surface area is 136 Å². The summed E-state index contributed by atoms with van der Waals surface area (Å²) in [7, 11) is 1.66. The quantitative estimate of drug-likeness (QED) is 0.741. The summed E-state index contributed by atoms with van der Waals surface area (Å²) in [6, 6.07) is 10.3. The molecule has 0 bridgehead atoms. The van der Waals surface area contributed by atoms with Gasteiger partial charge >= 0.3 is 0 Å². The molecule has 0 saturated carbocycles. The lowest BCUT2D eigenvalue weighted by atomic mass is 10.1. The second-order valence-electron chi connectivity index (χ2n) is 5.69. The Morgan fingerprint density at radius 3 is 2.57 bits per heavy atom. The number of hydrogen-bond acceptors (Lipinski definition) is 4. The molecule has 118 valence electrons. The Morgan fingerprint density at radius 1 is 1.04 bits per heavy atom. The number of aromatic nitrogens is 4. The van der Waals surface area contributed by atoms with Crippen molar-refractivity contribution in [3.63, 3.8) is 0 Å². The fourth-order valence-electron chi connectivity index (χ4n) is 2.68. The summed E-state index contributed by atoms with van der Waals surface area (Å²) >= 11 is 0. The van der Waals surface area contributed by atoms with Crippen LogP contribution in [0.15, 0.2) is 36.7 Å². The molecule has 0 unspecified atom stereocenters. The third kappa shape index (κ3) is 3.14. The van der Waals surface area contributed by atoms with Crippen molar-refractivity contribution in [1.29, 1.82) is 0 Å². The summed E-state index contributed by atoms with van der Waals surface area (Å²) in [6.45, 7) is 6.61. The SMILES string of the molecule is COCc1cc(-c2ccc(C)cc2-n2nc(C)cc2C)ncn1. The molecular formula is C18H20N4O. The molecule has 0 saturated heterocycles. The average Bonchev–Trinajstić information content (AvgIpc) is 2.86. The molecule has 0 aliphatic heterocycles. The summed E-state index contributed by atoms with van der Waals surface area (Å²) in [6.07, 6.45) is 1.58. The molecule has 3 rings (SSSR count). The predicted octanol–water partition coefficient (Wildman–Crippen LogP) is 3.40. The Bertz CT molecular complexity index is 839. The average molecular weight is 308 g/mol. The first-order valence-corrected chi connectivity index (χ1v) is 7.53. The highest BCUT2D eigenvalue weighted by Crippen LogP contribution is 2.27. The normalized spacial score (nSPS) is 11.0. The van der Waals surface area contributed by atoms with Gasteiger partial charge in [0.25, 0.3) is 0 Å². The second-order valence-corrected chi connectivity index (χ2v) is 5.69. The van der Waals surface area contributed by atoms with Gasteiger partial charge in [-0.15, -0.1) is 0 Å². The molecule has 0 aliphatic rings. The van der Waals surface area contributed by atoms with Crippen molar-refractivity contribution in [2.24, 2.45) is 0 Å². The van der Waals surface area contributed by atoms with Crippen LogP contribution < -0.4 is 0 Å². The molecule has 0 spiro atoms. The molecule has 0 fully saturated rings. The van der Waals surface area contributed by atoms with Gasteiger partial charge in [-0.05, 0) is 44.5 Å². The lowest BCUT2D eigenvalue weighted by Crippen LogP contribution is -2.03. The van der Waals surface area contributed by atoms with E-state index in [1.165, 1.54) is 5.56 Å². The lowest BCUT2D eigenvalue weighted by molar-refractivity contribution is 0.181. The smallest absolute Gasteiger partial charge is 0.116 e. The number of rotatable bonds is 4. The van der Waals surface area contributed by atoms with E-state index >= 15 is 0 Å². The third-order valence-electron chi connectivity index (χ3n) is 3.68. The fourth-order valence-corrected chi connectivity index (χ4v) is 2.68. The van der Waals surface area contributed by atoms with Crippen LogP contribution in [0.5, 0.6) is 0 Å². The molecule has 0 N–H and O–H groups in total. The van der Waals surface area contributed by atoms with Crippen LogP contribution in [-0.2, 0) is 11.3 Å². The first-order chi connectivity index (χ1) is 11.1. The summed E-state index contributed by atoms with van der Waals surface area (Å²) < 4.78 is 7.14. The molecule has 0 aliphatic carbocycles. The van der Waals surface area contributed by atoms with Crippen LogP contribution in [0.2, 0.25) is 0 Å². The van der Waals surface area contributed by atoms with Gasteiger partial charge in [-0.1, -0.05) is 12.1 Å². The zero-order valence-corrected chi connectivity index (χ0v) is 13.9. The van der Waals surface area contributed by atoms with E-state index in [1.54, 1.807) is 13.4 Å². The molecule has 0 radical (unpaired) electrons. The molecule has 1 aromatic carbocycles. The minimum absolute atomic E-state index is 0.469. The molecule has 0 amide bonds. The van der Waals surface area contributed by atoms with E-state index in [1.807, 2.05) is 17.7 Å². The first-order valence-electron chi connectivity index (χ1n) is 7.53. The molecule has 3 aromatic rings. The van der Waals surface area contributed by atoms with Crippen molar-refractivity contribution < 1.29 is 4.74 Å². The number of hydrogen-bond donors (Lipinski definition) is 0. The van der Waals surface area contributed by atoms with E-state index < -0.39 is 0 Å². The maximum Gasteiger partial charge on any atom is 0.116 e. The zero-order chi connectivity index (χ0) is 16.4. The van der Waals surface area contributed by atoms with E-state index in [0.717, 1.165) is 34.0 Å². The van der Waals surface area contributed by atoms with Crippen molar-refractivity contribution in [1.82, 2.24) is 19.7 Å². The maximum atomic E-state index is 5.17. The monoisotopic (exact) mass is 308 g/mol. The van der Waals surface area contributed by atoms with E-state index in [9.17, 15) is 0 Å². The summed E-state index contributed by atoms with van der Waals surface area (Å²) in [5.41, 5.74) is 7.06. The Balaban J connectivity index is 2.17. The van der Waals surface area contributed by atoms with E-state index in [-0.39, 0.29) is 0 Å². The van der Waals surface area contributed by atoms with Crippen molar-refractivity contribution >= 4 is 0 Å². The summed E-state index contributed by atoms with van der Waals surface area (Å²) in [5, 5.41) is 4.62. The van der Waals surface area contributed by atoms with Gasteiger partial charge in [0.15, 0.2) is 0 Å². The lowest BCUT2D eigenvalue weighted by Gasteiger charge is -2.12. The van der Waals surface area contributed by atoms with Crippen LogP contribution in [0.25, 0.3) is 16.9 Å². The molecule has 2 aromatic heterocycles. The molecule has 5 nitrogen and oxygen atoms in total. The Morgan fingerprint density at radius 2 is 1.87 bits per heavy atom. The van der Waals surface area contributed by atoms with Crippen LogP contribution in [-0.4, -0.2) is 26.9 Å². The number of nitrogens with zero attached hydrogens (tertiary/aromatic N) is 4. The van der Waals surface area contributed by atoms with Crippen LogP contribution in [0.4, 0.5) is 0 Å². The number of methoxy groups -OCH3 is 1. The van der Waals surface area contributed by atoms with Crippen LogP contribution in [0.1, 0.15) is 22.6 Å². The Hall–Kier alpha value is -2.53. The summed E-state index contributed by atoms with van der Waals surface area (Å²) in [5.74, 6) is 0. The van der Waals surface area contributed by atoms with Crippen molar-refractivity contribution in [3.8, 4) is 16.9 Å². The highest BCUT2D eigenvalue weighted by molar-refractivity contribution is 5.71. The van der Waals surface area contributed by atoms with Gasteiger partial charge in [0.05, 0.1) is 29.4 Å².